The highest BCUT2D eigenvalue weighted by atomic mass is 16.5. The van der Waals surface area contributed by atoms with Crippen molar-refractivity contribution >= 4 is 0 Å². The lowest BCUT2D eigenvalue weighted by molar-refractivity contribution is -0.0479. The van der Waals surface area contributed by atoms with E-state index in [1.165, 1.54) is 19.4 Å². The van der Waals surface area contributed by atoms with Crippen LogP contribution in [0.15, 0.2) is 16.5 Å². The highest BCUT2D eigenvalue weighted by Crippen LogP contribution is 2.23. The Bertz CT molecular complexity index is 418. The van der Waals surface area contributed by atoms with Crippen molar-refractivity contribution in [3.8, 4) is 0 Å². The summed E-state index contributed by atoms with van der Waals surface area (Å²) in [5.41, 5.74) is 0. The molecule has 3 unspecified atom stereocenters. The molecule has 2 saturated heterocycles. The topological polar surface area (TPSA) is 37.6 Å². The summed E-state index contributed by atoms with van der Waals surface area (Å²) >= 11 is 0. The number of ether oxygens (including phenoxy) is 1. The molecule has 4 nitrogen and oxygen atoms in total. The van der Waals surface area contributed by atoms with Crippen LogP contribution in [0.4, 0.5) is 0 Å². The first-order chi connectivity index (χ1) is 9.22. The van der Waals surface area contributed by atoms with Crippen LogP contribution in [0, 0.1) is 6.92 Å². The van der Waals surface area contributed by atoms with Gasteiger partial charge in [0.2, 0.25) is 0 Å². The van der Waals surface area contributed by atoms with Gasteiger partial charge in [-0.15, -0.1) is 0 Å². The number of hydrogen-bond acceptors (Lipinski definition) is 4. The van der Waals surface area contributed by atoms with E-state index in [-0.39, 0.29) is 6.04 Å². The van der Waals surface area contributed by atoms with Crippen LogP contribution in [0.2, 0.25) is 0 Å². The third-order valence-corrected chi connectivity index (χ3v) is 4.30. The molecule has 0 spiro atoms. The SMILES string of the molecule is Cc1ccc(C(C)NCC2CN3CCCC3CO2)o1. The van der Waals surface area contributed by atoms with E-state index in [4.69, 9.17) is 9.15 Å². The first-order valence-electron chi connectivity index (χ1n) is 7.38. The van der Waals surface area contributed by atoms with E-state index in [9.17, 15) is 0 Å². The standard InChI is InChI=1S/C15H24N2O2/c1-11-5-6-15(19-11)12(2)16-8-14-9-17-7-3-4-13(17)10-18-14/h5-6,12-14,16H,3-4,7-10H2,1-2H3. The van der Waals surface area contributed by atoms with Gasteiger partial charge in [-0.3, -0.25) is 4.90 Å². The molecule has 1 N–H and O–H groups in total. The van der Waals surface area contributed by atoms with Crippen LogP contribution >= 0.6 is 0 Å². The summed E-state index contributed by atoms with van der Waals surface area (Å²) in [6.07, 6.45) is 2.95. The van der Waals surface area contributed by atoms with Crippen molar-refractivity contribution in [2.75, 3.05) is 26.2 Å². The van der Waals surface area contributed by atoms with Gasteiger partial charge in [0.1, 0.15) is 11.5 Å². The van der Waals surface area contributed by atoms with Gasteiger partial charge < -0.3 is 14.5 Å². The molecule has 3 rings (SSSR count). The predicted molar refractivity (Wildman–Crippen MR) is 74.2 cm³/mol. The molecular formula is C15H24N2O2. The van der Waals surface area contributed by atoms with Gasteiger partial charge in [0.25, 0.3) is 0 Å². The summed E-state index contributed by atoms with van der Waals surface area (Å²) in [6.45, 7) is 8.23. The van der Waals surface area contributed by atoms with Crippen LogP contribution in [-0.2, 0) is 4.74 Å². The maximum atomic E-state index is 5.95. The lowest BCUT2D eigenvalue weighted by Crippen LogP contribution is -2.49. The van der Waals surface area contributed by atoms with Gasteiger partial charge in [-0.1, -0.05) is 0 Å². The van der Waals surface area contributed by atoms with E-state index in [0.717, 1.165) is 31.2 Å². The molecule has 1 aromatic rings. The Morgan fingerprint density at radius 2 is 2.37 bits per heavy atom. The average molecular weight is 264 g/mol. The molecule has 0 radical (unpaired) electrons. The Kier molecular flexibility index (Phi) is 3.91. The van der Waals surface area contributed by atoms with E-state index in [1.807, 2.05) is 19.1 Å². The number of rotatable bonds is 4. The second-order valence-electron chi connectivity index (χ2n) is 5.82. The van der Waals surface area contributed by atoms with Crippen molar-refractivity contribution in [1.29, 1.82) is 0 Å². The zero-order valence-corrected chi connectivity index (χ0v) is 11.9. The minimum absolute atomic E-state index is 0.244. The normalized spacial score (nSPS) is 29.4. The van der Waals surface area contributed by atoms with Crippen molar-refractivity contribution in [2.45, 2.75) is 44.9 Å². The first-order valence-corrected chi connectivity index (χ1v) is 7.38. The monoisotopic (exact) mass is 264 g/mol. The van der Waals surface area contributed by atoms with Crippen LogP contribution in [0.25, 0.3) is 0 Å². The van der Waals surface area contributed by atoms with Crippen molar-refractivity contribution in [2.24, 2.45) is 0 Å². The van der Waals surface area contributed by atoms with Gasteiger partial charge >= 0.3 is 0 Å². The minimum Gasteiger partial charge on any atom is -0.465 e. The average Bonchev–Trinajstić information content (AvgIpc) is 3.03. The molecule has 2 aliphatic rings. The summed E-state index contributed by atoms with van der Waals surface area (Å²) in [7, 11) is 0. The van der Waals surface area contributed by atoms with Crippen LogP contribution in [-0.4, -0.2) is 43.3 Å². The Balaban J connectivity index is 1.47. The Morgan fingerprint density at radius 1 is 1.47 bits per heavy atom. The zero-order chi connectivity index (χ0) is 13.2. The molecular weight excluding hydrogens is 240 g/mol. The highest BCUT2D eigenvalue weighted by molar-refractivity contribution is 5.08. The second-order valence-corrected chi connectivity index (χ2v) is 5.82. The fraction of sp³-hybridized carbons (Fsp3) is 0.733. The largest absolute Gasteiger partial charge is 0.465 e. The molecule has 1 aromatic heterocycles. The van der Waals surface area contributed by atoms with Crippen LogP contribution in [0.1, 0.15) is 37.3 Å². The molecule has 2 fully saturated rings. The fourth-order valence-electron chi connectivity index (χ4n) is 3.10. The van der Waals surface area contributed by atoms with Gasteiger partial charge in [0, 0.05) is 19.1 Å². The van der Waals surface area contributed by atoms with Crippen molar-refractivity contribution in [3.63, 3.8) is 0 Å². The first kappa shape index (κ1) is 13.2. The van der Waals surface area contributed by atoms with Gasteiger partial charge in [0.05, 0.1) is 18.8 Å². The minimum atomic E-state index is 0.244. The smallest absolute Gasteiger partial charge is 0.120 e. The molecule has 0 bridgehead atoms. The second kappa shape index (κ2) is 5.65. The number of hydrogen-bond donors (Lipinski definition) is 1. The summed E-state index contributed by atoms with van der Waals surface area (Å²) in [6, 6.07) is 4.99. The Labute approximate surface area is 115 Å². The van der Waals surface area contributed by atoms with Crippen LogP contribution < -0.4 is 5.32 Å². The van der Waals surface area contributed by atoms with Crippen LogP contribution in [0.3, 0.4) is 0 Å². The number of nitrogens with zero attached hydrogens (tertiary/aromatic N) is 1. The third-order valence-electron chi connectivity index (χ3n) is 4.30. The van der Waals surface area contributed by atoms with Gasteiger partial charge in [-0.25, -0.2) is 0 Å². The molecule has 0 aromatic carbocycles. The van der Waals surface area contributed by atoms with E-state index >= 15 is 0 Å². The quantitative estimate of drug-likeness (QED) is 0.904. The highest BCUT2D eigenvalue weighted by Gasteiger charge is 2.32. The summed E-state index contributed by atoms with van der Waals surface area (Å²) in [5.74, 6) is 1.98. The van der Waals surface area contributed by atoms with Gasteiger partial charge in [-0.2, -0.15) is 0 Å². The van der Waals surface area contributed by atoms with Crippen molar-refractivity contribution in [3.05, 3.63) is 23.7 Å². The lowest BCUT2D eigenvalue weighted by atomic mass is 10.1. The lowest BCUT2D eigenvalue weighted by Gasteiger charge is -2.35. The number of furan rings is 1. The third kappa shape index (κ3) is 3.02. The van der Waals surface area contributed by atoms with Gasteiger partial charge in [0.15, 0.2) is 0 Å². The van der Waals surface area contributed by atoms with Crippen molar-refractivity contribution in [1.82, 2.24) is 10.2 Å². The Hall–Kier alpha value is -0.840. The summed E-state index contributed by atoms with van der Waals surface area (Å²) in [5, 5.41) is 3.52. The molecule has 0 amide bonds. The van der Waals surface area contributed by atoms with Crippen molar-refractivity contribution < 1.29 is 9.15 Å². The number of morpholine rings is 1. The number of nitrogens with one attached hydrogen (secondary N) is 1. The molecule has 0 aliphatic carbocycles. The summed E-state index contributed by atoms with van der Waals surface area (Å²) < 4.78 is 11.6. The molecule has 106 valence electrons. The maximum absolute atomic E-state index is 5.95. The Morgan fingerprint density at radius 3 is 3.16 bits per heavy atom. The summed E-state index contributed by atoms with van der Waals surface area (Å²) in [4.78, 5) is 2.58. The molecule has 19 heavy (non-hydrogen) atoms. The van der Waals surface area contributed by atoms with E-state index in [0.29, 0.717) is 12.1 Å². The molecule has 3 atom stereocenters. The zero-order valence-electron chi connectivity index (χ0n) is 11.9. The maximum Gasteiger partial charge on any atom is 0.120 e. The molecule has 3 heterocycles. The van der Waals surface area contributed by atoms with Gasteiger partial charge in [-0.05, 0) is 45.4 Å². The number of fused-ring (bicyclic) bond motifs is 1. The number of aryl methyl sites for hydroxylation is 1. The predicted octanol–water partition coefficient (Wildman–Crippen LogP) is 2.10. The molecule has 0 saturated carbocycles. The molecule has 4 heteroatoms. The van der Waals surface area contributed by atoms with E-state index < -0.39 is 0 Å². The van der Waals surface area contributed by atoms with Crippen LogP contribution in [0.5, 0.6) is 0 Å². The van der Waals surface area contributed by atoms with E-state index in [1.54, 1.807) is 0 Å². The van der Waals surface area contributed by atoms with E-state index in [2.05, 4.69) is 17.1 Å². The fourth-order valence-corrected chi connectivity index (χ4v) is 3.10. The molecule has 2 aliphatic heterocycles.